The summed E-state index contributed by atoms with van der Waals surface area (Å²) in [5, 5.41) is 3.96. The zero-order valence-electron chi connectivity index (χ0n) is 26.2. The van der Waals surface area contributed by atoms with Gasteiger partial charge in [-0.3, -0.25) is 0 Å². The molecule has 5 aromatic carbocycles. The summed E-state index contributed by atoms with van der Waals surface area (Å²) in [6.07, 6.45) is 0. The summed E-state index contributed by atoms with van der Waals surface area (Å²) < 4.78 is 56.2. The highest BCUT2D eigenvalue weighted by atomic mass is 19.1. The van der Waals surface area contributed by atoms with Gasteiger partial charge in [-0.15, -0.1) is 0 Å². The minimum atomic E-state index is -0.436. The van der Waals surface area contributed by atoms with E-state index in [0.29, 0.717) is 67.0 Å². The number of hydrogen-bond donors (Lipinski definition) is 3. The van der Waals surface area contributed by atoms with E-state index in [1.165, 1.54) is 48.5 Å². The molecule has 7 nitrogen and oxygen atoms in total. The van der Waals surface area contributed by atoms with Crippen molar-refractivity contribution in [2.45, 2.75) is 6.92 Å². The second kappa shape index (κ2) is 12.3. The summed E-state index contributed by atoms with van der Waals surface area (Å²) in [5.41, 5.74) is 18.5. The Labute approximate surface area is 277 Å². The van der Waals surface area contributed by atoms with Crippen LogP contribution in [0, 0.1) is 23.3 Å². The van der Waals surface area contributed by atoms with Gasteiger partial charge in [-0.1, -0.05) is 0 Å². The number of benzene rings is 5. The van der Waals surface area contributed by atoms with Crippen LogP contribution in [0.3, 0.4) is 0 Å². The summed E-state index contributed by atoms with van der Waals surface area (Å²) >= 11 is 0. The summed E-state index contributed by atoms with van der Waals surface area (Å²) in [6.45, 7) is 1.84. The Bertz CT molecular complexity index is 2350. The minimum absolute atomic E-state index is 0.119. The lowest BCUT2D eigenvalue weighted by Crippen LogP contribution is -2.29. The molecule has 0 aliphatic heterocycles. The molecule has 2 heterocycles. The molecule has 11 heteroatoms. The van der Waals surface area contributed by atoms with Gasteiger partial charge in [-0.05, 0) is 104 Å². The second-order valence-electron chi connectivity index (χ2n) is 11.3. The molecule has 0 saturated heterocycles. The zero-order chi connectivity index (χ0) is 34.4. The van der Waals surface area contributed by atoms with Gasteiger partial charge in [0.05, 0.1) is 28.0 Å². The van der Waals surface area contributed by atoms with Crippen LogP contribution in [0.5, 0.6) is 0 Å². The molecule has 0 saturated carbocycles. The van der Waals surface area contributed by atoms with Crippen molar-refractivity contribution in [1.82, 2.24) is 25.3 Å². The SMILES string of the molecule is CNC(C)=c1c2nc(-c3ccc(F)cc3)c(-c3ccc(F)cc3)nc2c(=C(N)N)c2nc(-c3ccc(F)cc3)c(-c3ccc(F)cc3)nc12. The van der Waals surface area contributed by atoms with Gasteiger partial charge < -0.3 is 16.8 Å². The normalized spacial score (nSPS) is 11.2. The molecule has 242 valence electrons. The van der Waals surface area contributed by atoms with Gasteiger partial charge in [0.2, 0.25) is 0 Å². The maximum Gasteiger partial charge on any atom is 0.123 e. The number of aromatic nitrogens is 4. The van der Waals surface area contributed by atoms with E-state index in [-0.39, 0.29) is 22.1 Å². The first kappa shape index (κ1) is 31.3. The maximum atomic E-state index is 14.1. The van der Waals surface area contributed by atoms with Gasteiger partial charge >= 0.3 is 0 Å². The largest absolute Gasteiger partial charge is 0.391 e. The average molecular weight is 658 g/mol. The van der Waals surface area contributed by atoms with E-state index in [1.54, 1.807) is 55.6 Å². The molecule has 49 heavy (non-hydrogen) atoms. The minimum Gasteiger partial charge on any atom is -0.391 e. The Morgan fingerprint density at radius 1 is 0.449 bits per heavy atom. The van der Waals surface area contributed by atoms with Gasteiger partial charge in [0, 0.05) is 40.2 Å². The van der Waals surface area contributed by atoms with Crippen LogP contribution in [0.2, 0.25) is 0 Å². The quantitative estimate of drug-likeness (QED) is 0.151. The fourth-order valence-corrected chi connectivity index (χ4v) is 5.78. The van der Waals surface area contributed by atoms with Gasteiger partial charge in [-0.2, -0.15) is 0 Å². The van der Waals surface area contributed by atoms with E-state index in [4.69, 9.17) is 31.4 Å². The lowest BCUT2D eigenvalue weighted by atomic mass is 10.0. The van der Waals surface area contributed by atoms with Crippen LogP contribution in [0.1, 0.15) is 6.92 Å². The highest BCUT2D eigenvalue weighted by Crippen LogP contribution is 2.33. The molecule has 0 unspecified atom stereocenters. The highest BCUT2D eigenvalue weighted by Gasteiger charge is 2.22. The molecule has 0 spiro atoms. The van der Waals surface area contributed by atoms with Crippen LogP contribution in [0.4, 0.5) is 17.6 Å². The van der Waals surface area contributed by atoms with Crippen molar-refractivity contribution in [3.8, 4) is 45.0 Å². The van der Waals surface area contributed by atoms with Crippen LogP contribution in [-0.2, 0) is 0 Å². The predicted molar refractivity (Wildman–Crippen MR) is 183 cm³/mol. The van der Waals surface area contributed by atoms with E-state index in [0.717, 1.165) is 0 Å². The lowest BCUT2D eigenvalue weighted by molar-refractivity contribution is 0.627. The highest BCUT2D eigenvalue weighted by molar-refractivity contribution is 5.99. The molecule has 7 aromatic rings. The molecule has 5 N–H and O–H groups in total. The Kier molecular flexibility index (Phi) is 7.87. The van der Waals surface area contributed by atoms with Gasteiger partial charge in [-0.25, -0.2) is 37.5 Å². The molecular weight excluding hydrogens is 630 g/mol. The monoisotopic (exact) mass is 657 g/mol. The topological polar surface area (TPSA) is 116 Å². The number of fused-ring (bicyclic) bond motifs is 2. The third-order valence-corrected chi connectivity index (χ3v) is 8.25. The van der Waals surface area contributed by atoms with Crippen molar-refractivity contribution < 1.29 is 17.6 Å². The van der Waals surface area contributed by atoms with Crippen molar-refractivity contribution in [3.63, 3.8) is 0 Å². The summed E-state index contributed by atoms with van der Waals surface area (Å²) in [4.78, 5) is 20.4. The molecule has 0 aliphatic rings. The van der Waals surface area contributed by atoms with Crippen molar-refractivity contribution in [1.29, 1.82) is 0 Å². The van der Waals surface area contributed by atoms with E-state index >= 15 is 0 Å². The van der Waals surface area contributed by atoms with Gasteiger partial charge in [0.15, 0.2) is 0 Å². The van der Waals surface area contributed by atoms with Crippen LogP contribution in [0.15, 0.2) is 97.1 Å². The Morgan fingerprint density at radius 2 is 0.694 bits per heavy atom. The Morgan fingerprint density at radius 3 is 0.918 bits per heavy atom. The van der Waals surface area contributed by atoms with E-state index in [9.17, 15) is 17.6 Å². The fourth-order valence-electron chi connectivity index (χ4n) is 5.78. The Hall–Kier alpha value is -6.36. The number of nitrogens with one attached hydrogen (secondary N) is 1. The van der Waals surface area contributed by atoms with Crippen LogP contribution < -0.4 is 27.2 Å². The number of hydrogen-bond acceptors (Lipinski definition) is 7. The summed E-state index contributed by atoms with van der Waals surface area (Å²) in [7, 11) is 1.74. The molecule has 0 atom stereocenters. The molecule has 0 aliphatic carbocycles. The van der Waals surface area contributed by atoms with Crippen molar-refractivity contribution in [3.05, 3.63) is 131 Å². The molecule has 0 amide bonds. The van der Waals surface area contributed by atoms with Crippen molar-refractivity contribution >= 4 is 33.6 Å². The number of rotatable bonds is 5. The first-order valence-electron chi connectivity index (χ1n) is 15.2. The maximum absolute atomic E-state index is 14.1. The zero-order valence-corrected chi connectivity index (χ0v) is 26.2. The van der Waals surface area contributed by atoms with E-state index < -0.39 is 23.3 Å². The standard InChI is InChI=1S/C38H27F4N7/c1-19(45-2)28-34-36(48-32(22-7-15-26(41)16-8-22)30(46-34)20-3-11-24(39)12-4-20)29(38(43)44)37-35(28)47-31(21-5-13-25(40)14-6-21)33(49-37)23-9-17-27(42)18-10-23/h3-18,45H,43-44H2,1-2H3. The smallest absolute Gasteiger partial charge is 0.123 e. The lowest BCUT2D eigenvalue weighted by Gasteiger charge is -2.16. The van der Waals surface area contributed by atoms with Crippen LogP contribution in [0.25, 0.3) is 78.6 Å². The van der Waals surface area contributed by atoms with Crippen LogP contribution in [-0.4, -0.2) is 27.0 Å². The van der Waals surface area contributed by atoms with Crippen LogP contribution >= 0.6 is 0 Å². The first-order valence-corrected chi connectivity index (χ1v) is 15.2. The average Bonchev–Trinajstić information content (AvgIpc) is 3.10. The van der Waals surface area contributed by atoms with Gasteiger partial charge in [0.25, 0.3) is 0 Å². The number of nitrogens with zero attached hydrogens (tertiary/aromatic N) is 4. The third kappa shape index (κ3) is 5.65. The molecule has 0 fully saturated rings. The van der Waals surface area contributed by atoms with E-state index in [2.05, 4.69) is 5.32 Å². The Balaban J connectivity index is 1.71. The number of nitrogens with two attached hydrogens (primary N) is 2. The predicted octanol–water partition coefficient (Wildman–Crippen LogP) is 6.13. The first-order chi connectivity index (χ1) is 23.6. The van der Waals surface area contributed by atoms with E-state index in [1.807, 2.05) is 6.92 Å². The van der Waals surface area contributed by atoms with Crippen molar-refractivity contribution in [2.75, 3.05) is 7.05 Å². The molecule has 0 bridgehead atoms. The molecule has 2 aromatic heterocycles. The summed E-state index contributed by atoms with van der Waals surface area (Å²) in [6, 6.07) is 23.1. The molecular formula is C38H27F4N7. The molecule has 7 rings (SSSR count). The van der Waals surface area contributed by atoms with Gasteiger partial charge in [0.1, 0.15) is 51.2 Å². The second-order valence-corrected chi connectivity index (χ2v) is 11.3. The number of halogens is 4. The van der Waals surface area contributed by atoms with Crippen molar-refractivity contribution in [2.24, 2.45) is 11.5 Å². The fraction of sp³-hybridized carbons (Fsp3) is 0.0526. The summed E-state index contributed by atoms with van der Waals surface area (Å²) in [5.74, 6) is -1.85. The third-order valence-electron chi connectivity index (χ3n) is 8.25. The molecule has 0 radical (unpaired) electrons.